The van der Waals surface area contributed by atoms with Crippen LogP contribution < -0.4 is 4.74 Å². The molecular weight excluding hydrogens is 293 g/mol. The zero-order valence-electron chi connectivity index (χ0n) is 10.2. The normalized spacial score (nSPS) is 11.2. The van der Waals surface area contributed by atoms with E-state index in [4.69, 9.17) is 9.52 Å². The highest BCUT2D eigenvalue weighted by Gasteiger charge is 2.31. The first-order valence-electron chi connectivity index (χ1n) is 5.48. The van der Waals surface area contributed by atoms with Gasteiger partial charge in [-0.15, -0.1) is 13.2 Å². The number of carboxylic acid groups (broad SMARTS) is 1. The number of carbonyl (C=O) groups excluding carboxylic acids is 1. The van der Waals surface area contributed by atoms with E-state index in [1.54, 1.807) is 0 Å². The Morgan fingerprint density at radius 2 is 1.95 bits per heavy atom. The predicted octanol–water partition coefficient (Wildman–Crippen LogP) is 3.36. The van der Waals surface area contributed by atoms with Gasteiger partial charge in [-0.1, -0.05) is 0 Å². The van der Waals surface area contributed by atoms with Gasteiger partial charge in [-0.3, -0.25) is 4.79 Å². The first kappa shape index (κ1) is 14.6. The zero-order valence-corrected chi connectivity index (χ0v) is 10.2. The van der Waals surface area contributed by atoms with Crippen LogP contribution in [-0.4, -0.2) is 23.7 Å². The number of hydrogen-bond acceptors (Lipinski definition) is 4. The smallest absolute Gasteiger partial charge is 0.478 e. The highest BCUT2D eigenvalue weighted by molar-refractivity contribution is 5.96. The summed E-state index contributed by atoms with van der Waals surface area (Å²) in [5.74, 6) is -2.10. The summed E-state index contributed by atoms with van der Waals surface area (Å²) in [7, 11) is 0. The summed E-state index contributed by atoms with van der Waals surface area (Å²) >= 11 is 0. The summed E-state index contributed by atoms with van der Waals surface area (Å²) in [6.07, 6.45) is -4.50. The lowest BCUT2D eigenvalue weighted by Crippen LogP contribution is -2.17. The van der Waals surface area contributed by atoms with Crippen molar-refractivity contribution in [3.63, 3.8) is 0 Å². The number of ether oxygens (including phenoxy) is 1. The first-order chi connectivity index (χ1) is 9.80. The summed E-state index contributed by atoms with van der Waals surface area (Å²) in [4.78, 5) is 21.7. The van der Waals surface area contributed by atoms with Crippen molar-refractivity contribution in [2.75, 3.05) is 0 Å². The molecule has 0 spiro atoms. The van der Waals surface area contributed by atoms with E-state index in [0.717, 1.165) is 18.2 Å². The van der Waals surface area contributed by atoms with Crippen molar-refractivity contribution in [1.82, 2.24) is 0 Å². The molecule has 21 heavy (non-hydrogen) atoms. The molecule has 1 aromatic heterocycles. The molecule has 0 aliphatic carbocycles. The predicted molar refractivity (Wildman–Crippen MR) is 63.2 cm³/mol. The molecule has 0 aliphatic rings. The van der Waals surface area contributed by atoms with Crippen molar-refractivity contribution in [1.29, 1.82) is 0 Å². The number of hydrogen-bond donors (Lipinski definition) is 1. The second kappa shape index (κ2) is 5.31. The van der Waals surface area contributed by atoms with Crippen LogP contribution in [0.3, 0.4) is 0 Å². The van der Waals surface area contributed by atoms with E-state index in [1.165, 1.54) is 12.1 Å². The molecule has 8 heteroatoms. The van der Waals surface area contributed by atoms with E-state index in [0.29, 0.717) is 6.29 Å². The first-order valence-corrected chi connectivity index (χ1v) is 5.48. The number of furan rings is 1. The van der Waals surface area contributed by atoms with Crippen LogP contribution in [-0.2, 0) is 0 Å². The minimum absolute atomic E-state index is 0.0306. The standard InChI is InChI=1S/C13H7F3O5/c14-13(15,16)21-7-1-3-9(10(5-7)12(18)19)11-4-2-8(6-17)20-11/h1-6H,(H,18,19). The van der Waals surface area contributed by atoms with Crippen molar-refractivity contribution < 1.29 is 37.0 Å². The van der Waals surface area contributed by atoms with Crippen LogP contribution in [0.25, 0.3) is 11.3 Å². The lowest BCUT2D eigenvalue weighted by molar-refractivity contribution is -0.274. The number of carboxylic acids is 1. The van der Waals surface area contributed by atoms with Gasteiger partial charge in [0, 0.05) is 5.56 Å². The van der Waals surface area contributed by atoms with Gasteiger partial charge in [0.25, 0.3) is 0 Å². The van der Waals surface area contributed by atoms with E-state index in [9.17, 15) is 22.8 Å². The Bertz CT molecular complexity index is 687. The Balaban J connectivity index is 2.47. The van der Waals surface area contributed by atoms with Crippen molar-refractivity contribution in [3.8, 4) is 17.1 Å². The molecular formula is C13H7F3O5. The van der Waals surface area contributed by atoms with Crippen molar-refractivity contribution in [3.05, 3.63) is 41.7 Å². The summed E-state index contributed by atoms with van der Waals surface area (Å²) in [6.45, 7) is 0. The molecule has 0 aliphatic heterocycles. The highest BCUT2D eigenvalue weighted by Crippen LogP contribution is 2.31. The number of aromatic carboxylic acids is 1. The Morgan fingerprint density at radius 3 is 2.48 bits per heavy atom. The van der Waals surface area contributed by atoms with Crippen molar-refractivity contribution in [2.24, 2.45) is 0 Å². The second-order valence-corrected chi connectivity index (χ2v) is 3.88. The van der Waals surface area contributed by atoms with Gasteiger partial charge in [0.2, 0.25) is 0 Å². The number of aldehydes is 1. The summed E-state index contributed by atoms with van der Waals surface area (Å²) in [6, 6.07) is 5.45. The molecule has 2 rings (SSSR count). The fourth-order valence-electron chi connectivity index (χ4n) is 1.67. The van der Waals surface area contributed by atoms with Crippen LogP contribution in [0, 0.1) is 0 Å². The van der Waals surface area contributed by atoms with Gasteiger partial charge < -0.3 is 14.3 Å². The molecule has 1 heterocycles. The third-order valence-corrected chi connectivity index (χ3v) is 2.46. The minimum atomic E-state index is -4.92. The summed E-state index contributed by atoms with van der Waals surface area (Å²) in [5.41, 5.74) is -0.409. The third-order valence-electron chi connectivity index (χ3n) is 2.46. The van der Waals surface area contributed by atoms with Crippen LogP contribution >= 0.6 is 0 Å². The average Bonchev–Trinajstić information content (AvgIpc) is 2.85. The van der Waals surface area contributed by atoms with Gasteiger partial charge in [-0.2, -0.15) is 0 Å². The molecule has 0 radical (unpaired) electrons. The molecule has 0 fully saturated rings. The van der Waals surface area contributed by atoms with Gasteiger partial charge in [0.15, 0.2) is 12.0 Å². The molecule has 0 saturated heterocycles. The van der Waals surface area contributed by atoms with E-state index in [1.807, 2.05) is 0 Å². The minimum Gasteiger partial charge on any atom is -0.478 e. The van der Waals surface area contributed by atoms with Crippen molar-refractivity contribution >= 4 is 12.3 Å². The number of carbonyl (C=O) groups is 2. The average molecular weight is 300 g/mol. The molecule has 110 valence electrons. The molecule has 0 atom stereocenters. The maximum Gasteiger partial charge on any atom is 0.573 e. The Morgan fingerprint density at radius 1 is 1.24 bits per heavy atom. The maximum atomic E-state index is 12.1. The quantitative estimate of drug-likeness (QED) is 0.876. The molecule has 1 N–H and O–H groups in total. The lowest BCUT2D eigenvalue weighted by Gasteiger charge is -2.10. The number of alkyl halides is 3. The summed E-state index contributed by atoms with van der Waals surface area (Å²) < 4.78 is 45.1. The van der Waals surface area contributed by atoms with Crippen molar-refractivity contribution in [2.45, 2.75) is 6.36 Å². The Labute approximate surface area is 115 Å². The fraction of sp³-hybridized carbons (Fsp3) is 0.0769. The van der Waals surface area contributed by atoms with E-state index >= 15 is 0 Å². The SMILES string of the molecule is O=Cc1ccc(-c2ccc(OC(F)(F)F)cc2C(=O)O)o1. The molecule has 5 nitrogen and oxygen atoms in total. The third kappa shape index (κ3) is 3.41. The molecule has 0 saturated carbocycles. The van der Waals surface area contributed by atoms with Gasteiger partial charge in [0.05, 0.1) is 5.56 Å². The molecule has 0 bridgehead atoms. The number of halogens is 3. The second-order valence-electron chi connectivity index (χ2n) is 3.88. The van der Waals surface area contributed by atoms with E-state index in [-0.39, 0.29) is 17.1 Å². The number of rotatable bonds is 4. The van der Waals surface area contributed by atoms with E-state index in [2.05, 4.69) is 4.74 Å². The number of benzene rings is 1. The Kier molecular flexibility index (Phi) is 3.70. The molecule has 2 aromatic rings. The van der Waals surface area contributed by atoms with Crippen LogP contribution in [0.4, 0.5) is 13.2 Å². The van der Waals surface area contributed by atoms with Gasteiger partial charge in [-0.05, 0) is 30.3 Å². The molecule has 1 aromatic carbocycles. The van der Waals surface area contributed by atoms with Crippen LogP contribution in [0.5, 0.6) is 5.75 Å². The van der Waals surface area contributed by atoms with Gasteiger partial charge in [0.1, 0.15) is 11.5 Å². The topological polar surface area (TPSA) is 76.7 Å². The van der Waals surface area contributed by atoms with Gasteiger partial charge in [-0.25, -0.2) is 4.79 Å². The lowest BCUT2D eigenvalue weighted by atomic mass is 10.1. The molecule has 0 amide bonds. The van der Waals surface area contributed by atoms with Crippen LogP contribution in [0.15, 0.2) is 34.7 Å². The van der Waals surface area contributed by atoms with E-state index < -0.39 is 23.6 Å². The fourth-order valence-corrected chi connectivity index (χ4v) is 1.67. The Hall–Kier alpha value is -2.77. The van der Waals surface area contributed by atoms with Gasteiger partial charge >= 0.3 is 12.3 Å². The van der Waals surface area contributed by atoms with Crippen LogP contribution in [0.2, 0.25) is 0 Å². The maximum absolute atomic E-state index is 12.1. The largest absolute Gasteiger partial charge is 0.573 e. The molecule has 0 unspecified atom stereocenters. The summed E-state index contributed by atoms with van der Waals surface area (Å²) in [5, 5.41) is 9.07. The monoisotopic (exact) mass is 300 g/mol. The highest BCUT2D eigenvalue weighted by atomic mass is 19.4. The van der Waals surface area contributed by atoms with Crippen LogP contribution in [0.1, 0.15) is 20.9 Å². The zero-order chi connectivity index (χ0) is 15.6.